The van der Waals surface area contributed by atoms with E-state index >= 15 is 0 Å². The smallest absolute Gasteiger partial charge is 0.256 e. The maximum Gasteiger partial charge on any atom is 0.256 e. The first-order valence-corrected chi connectivity index (χ1v) is 7.86. The molecule has 0 aromatic heterocycles. The Morgan fingerprint density at radius 2 is 2.00 bits per heavy atom. The molecule has 100 valence electrons. The van der Waals surface area contributed by atoms with Crippen LogP contribution in [0.15, 0.2) is 0 Å². The van der Waals surface area contributed by atoms with Gasteiger partial charge in [0.05, 0.1) is 19.0 Å². The van der Waals surface area contributed by atoms with Gasteiger partial charge in [-0.2, -0.15) is 0 Å². The van der Waals surface area contributed by atoms with Crippen LogP contribution in [0.3, 0.4) is 0 Å². The number of alkyl halides is 1. The molecule has 1 fully saturated rings. The lowest BCUT2D eigenvalue weighted by molar-refractivity contribution is -0.133. The minimum atomic E-state index is -3.54. The van der Waals surface area contributed by atoms with Crippen LogP contribution in [-0.4, -0.2) is 56.0 Å². The number of unbranched alkanes of at least 4 members (excludes halogenated alkanes) is 1. The van der Waals surface area contributed by atoms with Crippen molar-refractivity contribution in [1.82, 2.24) is 4.90 Å². The first-order valence-electron chi connectivity index (χ1n) is 5.71. The standard InChI is InChI=1S/C10H18ClNO4S/c1-2-3-8-17(14,15)9(11)10(13)12-4-6-16-7-5-12/h9H,2-8H2,1H3/t9-/m1/s1. The molecule has 0 spiro atoms. The first kappa shape index (κ1) is 14.7. The Kier molecular flexibility index (Phi) is 5.69. The lowest BCUT2D eigenvalue weighted by Crippen LogP contribution is -2.46. The summed E-state index contributed by atoms with van der Waals surface area (Å²) in [7, 11) is -3.54. The molecular weight excluding hydrogens is 266 g/mol. The number of amides is 1. The van der Waals surface area contributed by atoms with Gasteiger partial charge in [-0.25, -0.2) is 8.42 Å². The summed E-state index contributed by atoms with van der Waals surface area (Å²) in [5.41, 5.74) is 0. The second-order valence-corrected chi connectivity index (χ2v) is 6.87. The van der Waals surface area contributed by atoms with Gasteiger partial charge in [0.25, 0.3) is 5.91 Å². The lowest BCUT2D eigenvalue weighted by atomic mass is 10.4. The zero-order valence-corrected chi connectivity index (χ0v) is 11.5. The van der Waals surface area contributed by atoms with Gasteiger partial charge in [0.2, 0.25) is 4.71 Å². The second kappa shape index (κ2) is 6.56. The largest absolute Gasteiger partial charge is 0.378 e. The minimum Gasteiger partial charge on any atom is -0.378 e. The van der Waals surface area contributed by atoms with Gasteiger partial charge in [0, 0.05) is 13.1 Å². The summed E-state index contributed by atoms with van der Waals surface area (Å²) in [6.45, 7) is 3.58. The van der Waals surface area contributed by atoms with Gasteiger partial charge < -0.3 is 9.64 Å². The number of halogens is 1. The van der Waals surface area contributed by atoms with Crippen LogP contribution in [0, 0.1) is 0 Å². The van der Waals surface area contributed by atoms with E-state index in [0.29, 0.717) is 32.7 Å². The van der Waals surface area contributed by atoms with E-state index in [4.69, 9.17) is 16.3 Å². The molecule has 1 rings (SSSR count). The normalized spacial score (nSPS) is 19.1. The fourth-order valence-electron chi connectivity index (χ4n) is 1.53. The zero-order chi connectivity index (χ0) is 12.9. The lowest BCUT2D eigenvalue weighted by Gasteiger charge is -2.28. The van der Waals surface area contributed by atoms with Crippen LogP contribution in [0.1, 0.15) is 19.8 Å². The van der Waals surface area contributed by atoms with Crippen molar-refractivity contribution < 1.29 is 17.9 Å². The van der Waals surface area contributed by atoms with Crippen molar-refractivity contribution in [3.8, 4) is 0 Å². The van der Waals surface area contributed by atoms with Crippen molar-refractivity contribution >= 4 is 27.3 Å². The van der Waals surface area contributed by atoms with E-state index in [9.17, 15) is 13.2 Å². The Balaban J connectivity index is 2.61. The van der Waals surface area contributed by atoms with Gasteiger partial charge in [-0.05, 0) is 6.42 Å². The van der Waals surface area contributed by atoms with Crippen LogP contribution in [-0.2, 0) is 19.4 Å². The summed E-state index contributed by atoms with van der Waals surface area (Å²) in [6.07, 6.45) is 1.29. The molecule has 0 bridgehead atoms. The summed E-state index contributed by atoms with van der Waals surface area (Å²) in [5.74, 6) is -0.556. The average molecular weight is 284 g/mol. The molecule has 1 heterocycles. The van der Waals surface area contributed by atoms with Crippen LogP contribution in [0.25, 0.3) is 0 Å². The Hall–Kier alpha value is -0.330. The van der Waals surface area contributed by atoms with Crippen molar-refractivity contribution in [1.29, 1.82) is 0 Å². The summed E-state index contributed by atoms with van der Waals surface area (Å²) in [5, 5.41) is 0. The molecule has 1 aliphatic heterocycles. The van der Waals surface area contributed by atoms with Gasteiger partial charge in [-0.15, -0.1) is 0 Å². The zero-order valence-electron chi connectivity index (χ0n) is 9.89. The third kappa shape index (κ3) is 4.12. The fourth-order valence-corrected chi connectivity index (χ4v) is 3.29. The van der Waals surface area contributed by atoms with Crippen LogP contribution in [0.5, 0.6) is 0 Å². The number of carbonyl (C=O) groups excluding carboxylic acids is 1. The Morgan fingerprint density at radius 1 is 1.41 bits per heavy atom. The molecule has 0 radical (unpaired) electrons. The van der Waals surface area contributed by atoms with Crippen molar-refractivity contribution in [2.75, 3.05) is 32.1 Å². The summed E-state index contributed by atoms with van der Waals surface area (Å²) in [6, 6.07) is 0. The van der Waals surface area contributed by atoms with Gasteiger partial charge >= 0.3 is 0 Å². The topological polar surface area (TPSA) is 63.7 Å². The monoisotopic (exact) mass is 283 g/mol. The summed E-state index contributed by atoms with van der Waals surface area (Å²) < 4.78 is 27.2. The fraction of sp³-hybridized carbons (Fsp3) is 0.900. The van der Waals surface area contributed by atoms with Gasteiger partial charge in [0.1, 0.15) is 0 Å². The molecule has 1 atom stereocenters. The van der Waals surface area contributed by atoms with Crippen LogP contribution >= 0.6 is 11.6 Å². The van der Waals surface area contributed by atoms with Gasteiger partial charge in [0.15, 0.2) is 9.84 Å². The molecule has 5 nitrogen and oxygen atoms in total. The summed E-state index contributed by atoms with van der Waals surface area (Å²) in [4.78, 5) is 13.3. The number of hydrogen-bond donors (Lipinski definition) is 0. The highest BCUT2D eigenvalue weighted by Gasteiger charge is 2.33. The minimum absolute atomic E-state index is 0.0340. The van der Waals surface area contributed by atoms with Gasteiger partial charge in [-0.3, -0.25) is 4.79 Å². The molecular formula is C10H18ClNO4S. The molecule has 0 saturated carbocycles. The van der Waals surface area contributed by atoms with Crippen LogP contribution in [0.2, 0.25) is 0 Å². The Morgan fingerprint density at radius 3 is 2.53 bits per heavy atom. The van der Waals surface area contributed by atoms with Crippen LogP contribution < -0.4 is 0 Å². The highest BCUT2D eigenvalue weighted by molar-refractivity contribution is 7.94. The van der Waals surface area contributed by atoms with Crippen molar-refractivity contribution in [3.63, 3.8) is 0 Å². The quantitative estimate of drug-likeness (QED) is 0.694. The molecule has 1 amide bonds. The number of hydrogen-bond acceptors (Lipinski definition) is 4. The number of nitrogens with zero attached hydrogens (tertiary/aromatic N) is 1. The number of rotatable bonds is 5. The molecule has 0 unspecified atom stereocenters. The maximum absolute atomic E-state index is 11.9. The van der Waals surface area contributed by atoms with Crippen molar-refractivity contribution in [2.24, 2.45) is 0 Å². The van der Waals surface area contributed by atoms with E-state index in [1.807, 2.05) is 6.92 Å². The molecule has 0 aliphatic carbocycles. The first-order chi connectivity index (χ1) is 7.99. The number of sulfone groups is 1. The highest BCUT2D eigenvalue weighted by Crippen LogP contribution is 2.14. The maximum atomic E-state index is 11.9. The van der Waals surface area contributed by atoms with Gasteiger partial charge in [-0.1, -0.05) is 24.9 Å². The Labute approximate surface area is 107 Å². The number of ether oxygens (including phenoxy) is 1. The van der Waals surface area contributed by atoms with E-state index in [1.165, 1.54) is 4.90 Å². The average Bonchev–Trinajstić information content (AvgIpc) is 2.35. The van der Waals surface area contributed by atoms with E-state index in [2.05, 4.69) is 0 Å². The number of morpholine rings is 1. The Bertz CT molecular complexity index is 351. The molecule has 7 heteroatoms. The van der Waals surface area contributed by atoms with E-state index in [-0.39, 0.29) is 5.75 Å². The van der Waals surface area contributed by atoms with E-state index in [0.717, 1.165) is 6.42 Å². The molecule has 1 aliphatic rings. The number of carbonyl (C=O) groups is 1. The predicted octanol–water partition coefficient (Wildman–Crippen LogP) is 0.625. The molecule has 0 aromatic rings. The second-order valence-electron chi connectivity index (χ2n) is 3.97. The van der Waals surface area contributed by atoms with E-state index < -0.39 is 20.5 Å². The third-order valence-electron chi connectivity index (χ3n) is 2.61. The molecule has 17 heavy (non-hydrogen) atoms. The highest BCUT2D eigenvalue weighted by atomic mass is 35.5. The van der Waals surface area contributed by atoms with Crippen LogP contribution in [0.4, 0.5) is 0 Å². The molecule has 0 aromatic carbocycles. The third-order valence-corrected chi connectivity index (χ3v) is 5.31. The van der Waals surface area contributed by atoms with Crippen molar-refractivity contribution in [2.45, 2.75) is 24.5 Å². The SMILES string of the molecule is CCCCS(=O)(=O)[C@@H](Cl)C(=O)N1CCOCC1. The molecule has 0 N–H and O–H groups in total. The van der Waals surface area contributed by atoms with E-state index in [1.54, 1.807) is 0 Å². The van der Waals surface area contributed by atoms with Crippen molar-refractivity contribution in [3.05, 3.63) is 0 Å². The predicted molar refractivity (Wildman–Crippen MR) is 65.7 cm³/mol. The summed E-state index contributed by atoms with van der Waals surface area (Å²) >= 11 is 5.77. The molecule has 1 saturated heterocycles.